The first-order valence-electron chi connectivity index (χ1n) is 6.39. The molecule has 5 nitrogen and oxygen atoms in total. The lowest BCUT2D eigenvalue weighted by Crippen LogP contribution is -2.27. The van der Waals surface area contributed by atoms with Crippen molar-refractivity contribution in [2.24, 2.45) is 0 Å². The first-order valence-corrected chi connectivity index (χ1v) is 6.39. The molecule has 1 unspecified atom stereocenters. The summed E-state index contributed by atoms with van der Waals surface area (Å²) in [7, 11) is 1.66. The van der Waals surface area contributed by atoms with E-state index < -0.39 is 0 Å². The highest BCUT2D eigenvalue weighted by molar-refractivity contribution is 4.73. The van der Waals surface area contributed by atoms with Gasteiger partial charge in [-0.2, -0.15) is 0 Å². The van der Waals surface area contributed by atoms with Gasteiger partial charge >= 0.3 is 0 Å². The van der Waals surface area contributed by atoms with Crippen LogP contribution in [0.2, 0.25) is 0 Å². The molecule has 17 heavy (non-hydrogen) atoms. The minimum atomic E-state index is 0.548. The molecule has 0 saturated carbocycles. The highest BCUT2D eigenvalue weighted by Gasteiger charge is 2.13. The number of methoxy groups -OCH3 is 1. The average Bonchev–Trinajstić information content (AvgIpc) is 2.85. The van der Waals surface area contributed by atoms with Crippen LogP contribution in [0.3, 0.4) is 0 Å². The lowest BCUT2D eigenvalue weighted by Gasteiger charge is -2.10. The Balaban J connectivity index is 1.69. The van der Waals surface area contributed by atoms with E-state index >= 15 is 0 Å². The summed E-state index contributed by atoms with van der Waals surface area (Å²) >= 11 is 0. The largest absolute Gasteiger partial charge is 0.382 e. The molecule has 102 valence electrons. The third-order valence-corrected chi connectivity index (χ3v) is 2.66. The smallest absolute Gasteiger partial charge is 0.0701 e. The van der Waals surface area contributed by atoms with Crippen molar-refractivity contribution in [2.45, 2.75) is 18.9 Å². The summed E-state index contributed by atoms with van der Waals surface area (Å²) in [5.74, 6) is 0. The van der Waals surface area contributed by atoms with Gasteiger partial charge in [0.05, 0.1) is 46.2 Å². The van der Waals surface area contributed by atoms with Gasteiger partial charge in [-0.05, 0) is 19.4 Å². The van der Waals surface area contributed by atoms with Crippen LogP contribution in [0.5, 0.6) is 0 Å². The van der Waals surface area contributed by atoms with Crippen LogP contribution in [0, 0.1) is 0 Å². The molecule has 0 amide bonds. The summed E-state index contributed by atoms with van der Waals surface area (Å²) < 4.78 is 21.0. The summed E-state index contributed by atoms with van der Waals surface area (Å²) in [5.41, 5.74) is 0. The summed E-state index contributed by atoms with van der Waals surface area (Å²) in [6, 6.07) is 0.548. The predicted molar refractivity (Wildman–Crippen MR) is 65.4 cm³/mol. The normalized spacial score (nSPS) is 19.9. The third-order valence-electron chi connectivity index (χ3n) is 2.66. The Labute approximate surface area is 104 Å². The maximum atomic E-state index is 5.51. The topological polar surface area (TPSA) is 49.0 Å². The summed E-state index contributed by atoms with van der Waals surface area (Å²) in [5, 5.41) is 3.39. The van der Waals surface area contributed by atoms with E-state index in [9.17, 15) is 0 Å². The van der Waals surface area contributed by atoms with Gasteiger partial charge in [0, 0.05) is 13.2 Å². The molecule has 1 N–H and O–H groups in total. The zero-order chi connectivity index (χ0) is 12.2. The molecule has 1 atom stereocenters. The quantitative estimate of drug-likeness (QED) is 0.537. The Morgan fingerprint density at radius 2 is 1.59 bits per heavy atom. The third kappa shape index (κ3) is 8.51. The van der Waals surface area contributed by atoms with Crippen LogP contribution in [0.1, 0.15) is 12.8 Å². The first kappa shape index (κ1) is 14.9. The number of hydrogen-bond donors (Lipinski definition) is 1. The maximum Gasteiger partial charge on any atom is 0.0701 e. The second kappa shape index (κ2) is 10.9. The van der Waals surface area contributed by atoms with Crippen LogP contribution in [0.25, 0.3) is 0 Å². The molecule has 1 heterocycles. The summed E-state index contributed by atoms with van der Waals surface area (Å²) in [6.45, 7) is 5.73. The van der Waals surface area contributed by atoms with Gasteiger partial charge in [0.1, 0.15) is 0 Å². The van der Waals surface area contributed by atoms with Crippen LogP contribution in [0.4, 0.5) is 0 Å². The Morgan fingerprint density at radius 1 is 0.941 bits per heavy atom. The van der Waals surface area contributed by atoms with Gasteiger partial charge in [-0.1, -0.05) is 0 Å². The molecule has 1 aliphatic rings. The standard InChI is InChI=1S/C12H25NO4/c1-14-5-6-15-7-8-16-9-10-17-11-12-3-2-4-13-12/h12-13H,2-11H2,1H3. The van der Waals surface area contributed by atoms with Crippen LogP contribution < -0.4 is 5.32 Å². The summed E-state index contributed by atoms with van der Waals surface area (Å²) in [4.78, 5) is 0. The Hall–Kier alpha value is -0.200. The SMILES string of the molecule is COCCOCCOCCOCC1CCCN1. The molecular weight excluding hydrogens is 222 g/mol. The molecule has 1 saturated heterocycles. The molecule has 0 aliphatic carbocycles. The number of hydrogen-bond acceptors (Lipinski definition) is 5. The van der Waals surface area contributed by atoms with Crippen LogP contribution in [-0.2, 0) is 18.9 Å². The number of rotatable bonds is 11. The second-order valence-electron chi connectivity index (χ2n) is 4.09. The molecule has 1 fully saturated rings. The van der Waals surface area contributed by atoms with E-state index in [0.29, 0.717) is 45.7 Å². The van der Waals surface area contributed by atoms with Crippen molar-refractivity contribution in [3.63, 3.8) is 0 Å². The Bertz CT molecular complexity index is 163. The Kier molecular flexibility index (Phi) is 9.55. The highest BCUT2D eigenvalue weighted by atomic mass is 16.6. The van der Waals surface area contributed by atoms with Gasteiger partial charge in [0.25, 0.3) is 0 Å². The Morgan fingerprint density at radius 3 is 2.18 bits per heavy atom. The molecule has 1 rings (SSSR count). The molecule has 1 aliphatic heterocycles. The molecule has 0 aromatic heterocycles. The minimum Gasteiger partial charge on any atom is -0.382 e. The van der Waals surface area contributed by atoms with E-state index in [1.165, 1.54) is 12.8 Å². The first-order chi connectivity index (χ1) is 8.43. The van der Waals surface area contributed by atoms with Crippen molar-refractivity contribution in [3.8, 4) is 0 Å². The molecule has 0 aromatic carbocycles. The van der Waals surface area contributed by atoms with Crippen molar-refractivity contribution < 1.29 is 18.9 Å². The number of nitrogens with one attached hydrogen (secondary N) is 1. The zero-order valence-corrected chi connectivity index (χ0v) is 10.8. The van der Waals surface area contributed by atoms with Gasteiger partial charge in [-0.15, -0.1) is 0 Å². The molecule has 0 aromatic rings. The lowest BCUT2D eigenvalue weighted by atomic mass is 10.2. The van der Waals surface area contributed by atoms with E-state index in [4.69, 9.17) is 18.9 Å². The average molecular weight is 247 g/mol. The van der Waals surface area contributed by atoms with Gasteiger partial charge in [0.15, 0.2) is 0 Å². The van der Waals surface area contributed by atoms with E-state index in [2.05, 4.69) is 5.32 Å². The van der Waals surface area contributed by atoms with E-state index in [0.717, 1.165) is 13.2 Å². The van der Waals surface area contributed by atoms with Crippen molar-refractivity contribution in [2.75, 3.05) is 59.9 Å². The molecule has 5 heteroatoms. The lowest BCUT2D eigenvalue weighted by molar-refractivity contribution is 0.00143. The van der Waals surface area contributed by atoms with Crippen LogP contribution >= 0.6 is 0 Å². The fourth-order valence-electron chi connectivity index (χ4n) is 1.71. The van der Waals surface area contributed by atoms with Crippen LogP contribution in [-0.4, -0.2) is 65.9 Å². The predicted octanol–water partition coefficient (Wildman–Crippen LogP) is 0.435. The van der Waals surface area contributed by atoms with Gasteiger partial charge < -0.3 is 24.3 Å². The molecule has 0 radical (unpaired) electrons. The molecule has 0 bridgehead atoms. The molecule has 0 spiro atoms. The fourth-order valence-corrected chi connectivity index (χ4v) is 1.71. The van der Waals surface area contributed by atoms with Gasteiger partial charge in [-0.25, -0.2) is 0 Å². The second-order valence-corrected chi connectivity index (χ2v) is 4.09. The summed E-state index contributed by atoms with van der Waals surface area (Å²) in [6.07, 6.45) is 2.50. The fraction of sp³-hybridized carbons (Fsp3) is 1.00. The van der Waals surface area contributed by atoms with Crippen molar-refractivity contribution in [1.29, 1.82) is 0 Å². The van der Waals surface area contributed by atoms with Gasteiger partial charge in [0.2, 0.25) is 0 Å². The molecular formula is C12H25NO4. The van der Waals surface area contributed by atoms with Gasteiger partial charge in [-0.3, -0.25) is 0 Å². The number of ether oxygens (including phenoxy) is 4. The van der Waals surface area contributed by atoms with E-state index in [-0.39, 0.29) is 0 Å². The zero-order valence-electron chi connectivity index (χ0n) is 10.8. The van der Waals surface area contributed by atoms with E-state index in [1.807, 2.05) is 0 Å². The van der Waals surface area contributed by atoms with Crippen molar-refractivity contribution >= 4 is 0 Å². The highest BCUT2D eigenvalue weighted by Crippen LogP contribution is 2.04. The monoisotopic (exact) mass is 247 g/mol. The van der Waals surface area contributed by atoms with Crippen molar-refractivity contribution in [3.05, 3.63) is 0 Å². The van der Waals surface area contributed by atoms with E-state index in [1.54, 1.807) is 7.11 Å². The minimum absolute atomic E-state index is 0.548. The van der Waals surface area contributed by atoms with Crippen molar-refractivity contribution in [1.82, 2.24) is 5.32 Å². The van der Waals surface area contributed by atoms with Crippen LogP contribution in [0.15, 0.2) is 0 Å². The maximum absolute atomic E-state index is 5.51.